The lowest BCUT2D eigenvalue weighted by Gasteiger charge is -2.50. The molecule has 0 saturated carbocycles. The van der Waals surface area contributed by atoms with Crippen molar-refractivity contribution in [3.8, 4) is 11.3 Å². The van der Waals surface area contributed by atoms with Gasteiger partial charge in [0.2, 0.25) is 5.70 Å². The number of hydrogen-bond donors (Lipinski definition) is 1. The van der Waals surface area contributed by atoms with Gasteiger partial charge in [0.25, 0.3) is 0 Å². The van der Waals surface area contributed by atoms with Crippen LogP contribution in [0.15, 0.2) is 42.1 Å². The van der Waals surface area contributed by atoms with Crippen LogP contribution in [0.5, 0.6) is 0 Å². The van der Waals surface area contributed by atoms with Crippen molar-refractivity contribution in [2.24, 2.45) is 11.3 Å². The van der Waals surface area contributed by atoms with E-state index in [9.17, 15) is 4.79 Å². The summed E-state index contributed by atoms with van der Waals surface area (Å²) in [7, 11) is 1.25. The highest BCUT2D eigenvalue weighted by Gasteiger charge is 2.54. The first-order chi connectivity index (χ1) is 12.9. The van der Waals surface area contributed by atoms with Gasteiger partial charge in [0, 0.05) is 29.0 Å². The molecule has 0 saturated heterocycles. The molecule has 4 rings (SSSR count). The van der Waals surface area contributed by atoms with Crippen LogP contribution in [0, 0.1) is 17.9 Å². The summed E-state index contributed by atoms with van der Waals surface area (Å²) in [5.41, 5.74) is 3.71. The van der Waals surface area contributed by atoms with Gasteiger partial charge in [-0.25, -0.2) is 4.85 Å². The number of allylic oxidation sites excluding steroid dienone is 2. The van der Waals surface area contributed by atoms with Crippen molar-refractivity contribution >= 4 is 5.78 Å². The number of hydrogen-bond acceptors (Lipinski definition) is 2. The second kappa shape index (κ2) is 5.95. The van der Waals surface area contributed by atoms with E-state index < -0.39 is 5.41 Å². The predicted molar refractivity (Wildman–Crippen MR) is 103 cm³/mol. The number of carbonyl (C=O) groups excluding carboxylic acids is 1. The molecule has 2 aromatic rings. The summed E-state index contributed by atoms with van der Waals surface area (Å²) in [4.78, 5) is 16.2. The first-order valence-electron chi connectivity index (χ1n) is 9.68. The summed E-state index contributed by atoms with van der Waals surface area (Å²) in [6, 6.07) is 10.2. The highest BCUT2D eigenvalue weighted by molar-refractivity contribution is 6.02. The van der Waals surface area contributed by atoms with Crippen molar-refractivity contribution in [1.82, 2.24) is 10.2 Å². The van der Waals surface area contributed by atoms with Gasteiger partial charge in [0.1, 0.15) is 0 Å². The number of fused-ring (bicyclic) bond motifs is 3. The topological polar surface area (TPSA) is 50.1 Å². The summed E-state index contributed by atoms with van der Waals surface area (Å²) in [6.45, 7) is 13.5. The molecular weight excluding hydrogens is 322 g/mol. The Morgan fingerprint density at radius 3 is 2.65 bits per heavy atom. The van der Waals surface area contributed by atoms with Crippen LogP contribution in [0.2, 0.25) is 0 Å². The Hall–Kier alpha value is -2.67. The average Bonchev–Trinajstić information content (AvgIpc) is 3.13. The molecule has 2 aliphatic rings. The summed E-state index contributed by atoms with van der Waals surface area (Å²) < 4.78 is 5.75. The van der Waals surface area contributed by atoms with Gasteiger partial charge in [0.05, 0.1) is 12.3 Å². The fraction of sp³-hybridized carbons (Fsp3) is 0.409. The SMILES string of the molecule is [3H]C.[C-]#[N+]C1=C[C@]2(C)c3[nH]nc(-c4ccccc4)c3CC[C@H]2C(C)(C)C1=O. The normalized spacial score (nSPS) is 26.3. The van der Waals surface area contributed by atoms with E-state index in [-0.39, 0.29) is 22.8 Å². The number of H-pyrrole nitrogens is 1. The van der Waals surface area contributed by atoms with Crippen LogP contribution in [0.25, 0.3) is 16.1 Å². The zero-order valence-corrected chi connectivity index (χ0v) is 15.8. The van der Waals surface area contributed by atoms with Crippen LogP contribution in [0.3, 0.4) is 0 Å². The van der Waals surface area contributed by atoms with Gasteiger partial charge in [-0.2, -0.15) is 5.10 Å². The molecule has 0 radical (unpaired) electrons. The van der Waals surface area contributed by atoms with Crippen LogP contribution in [-0.2, 0) is 16.6 Å². The molecule has 26 heavy (non-hydrogen) atoms. The number of ketones is 1. The molecule has 0 fully saturated rings. The van der Waals surface area contributed by atoms with Gasteiger partial charge in [-0.05, 0) is 18.8 Å². The largest absolute Gasteiger partial charge is 0.307 e. The monoisotopic (exact) mass is 349 g/mol. The third-order valence-electron chi connectivity index (χ3n) is 6.11. The summed E-state index contributed by atoms with van der Waals surface area (Å²) >= 11 is 0. The molecule has 1 heterocycles. The molecule has 1 aromatic heterocycles. The molecule has 1 N–H and O–H groups in total. The standard InChI is InChI=1S/C21H21N3O.CH4/c1-20(2)16-11-10-14-17(13-8-6-5-7-9-13)23-24-18(14)21(16,3)12-15(22-4)19(20)25;/h5-9,12,16H,10-11H2,1-3H3,(H,23,24);1H4/t16-,21-;/m0./s1/i;1T. The van der Waals surface area contributed by atoms with E-state index in [1.165, 1.54) is 13.0 Å². The second-order valence-electron chi connectivity index (χ2n) is 7.86. The molecular formula is C22H25N3O. The maximum absolute atomic E-state index is 12.7. The van der Waals surface area contributed by atoms with Crippen molar-refractivity contribution in [3.05, 3.63) is 64.8 Å². The second-order valence-corrected chi connectivity index (χ2v) is 7.86. The molecule has 0 spiro atoms. The molecule has 1 aromatic carbocycles. The molecule has 134 valence electrons. The van der Waals surface area contributed by atoms with E-state index in [1.54, 1.807) is 0 Å². The number of aromatic nitrogens is 2. The lowest BCUT2D eigenvalue weighted by atomic mass is 9.53. The maximum atomic E-state index is 12.7. The van der Waals surface area contributed by atoms with E-state index in [0.29, 0.717) is 0 Å². The summed E-state index contributed by atoms with van der Waals surface area (Å²) in [6.07, 6.45) is 3.70. The molecule has 2 atom stereocenters. The van der Waals surface area contributed by atoms with Crippen molar-refractivity contribution < 1.29 is 6.17 Å². The van der Waals surface area contributed by atoms with Gasteiger partial charge in [-0.15, -0.1) is 0 Å². The van der Waals surface area contributed by atoms with E-state index in [4.69, 9.17) is 7.94 Å². The van der Waals surface area contributed by atoms with Crippen molar-refractivity contribution in [3.63, 3.8) is 0 Å². The Kier molecular flexibility index (Phi) is 3.84. The smallest absolute Gasteiger partial charge is 0.226 e. The number of nitrogens with zero attached hydrogens (tertiary/aromatic N) is 2. The van der Waals surface area contributed by atoms with Crippen LogP contribution >= 0.6 is 0 Å². The molecule has 0 bridgehead atoms. The Labute approximate surface area is 156 Å². The van der Waals surface area contributed by atoms with Crippen LogP contribution in [0.1, 0.15) is 47.2 Å². The summed E-state index contributed by atoms with van der Waals surface area (Å²) in [5.74, 6) is 0.130. The quantitative estimate of drug-likeness (QED) is 0.741. The fourth-order valence-electron chi connectivity index (χ4n) is 4.86. The number of carbonyl (C=O) groups is 1. The van der Waals surface area contributed by atoms with Gasteiger partial charge in [-0.1, -0.05) is 64.6 Å². The molecule has 4 nitrogen and oxygen atoms in total. The Morgan fingerprint density at radius 2 is 2.00 bits per heavy atom. The molecule has 4 heteroatoms. The van der Waals surface area contributed by atoms with E-state index in [2.05, 4.69) is 34.1 Å². The Balaban J connectivity index is 0.00000102. The average molecular weight is 349 g/mol. The third-order valence-corrected chi connectivity index (χ3v) is 6.11. The van der Waals surface area contributed by atoms with Crippen molar-refractivity contribution in [2.45, 2.75) is 46.4 Å². The number of aromatic amines is 1. The number of benzene rings is 1. The molecule has 2 aliphatic carbocycles. The van der Waals surface area contributed by atoms with Gasteiger partial charge in [0.15, 0.2) is 5.78 Å². The Morgan fingerprint density at radius 1 is 1.31 bits per heavy atom. The van der Waals surface area contributed by atoms with Crippen LogP contribution in [0.4, 0.5) is 0 Å². The van der Waals surface area contributed by atoms with Crippen LogP contribution < -0.4 is 0 Å². The zero-order valence-electron chi connectivity index (χ0n) is 16.8. The first kappa shape index (κ1) is 16.8. The minimum Gasteiger partial charge on any atom is -0.307 e. The highest BCUT2D eigenvalue weighted by Crippen LogP contribution is 2.55. The van der Waals surface area contributed by atoms with E-state index in [0.717, 1.165) is 29.8 Å². The van der Waals surface area contributed by atoms with E-state index >= 15 is 0 Å². The number of rotatable bonds is 1. The Bertz CT molecular complexity index is 936. The molecule has 0 unspecified atom stereocenters. The van der Waals surface area contributed by atoms with Gasteiger partial charge in [-0.3, -0.25) is 5.10 Å². The molecule has 0 aliphatic heterocycles. The van der Waals surface area contributed by atoms with Gasteiger partial charge < -0.3 is 4.79 Å². The number of nitrogens with one attached hydrogen (secondary N) is 1. The fourth-order valence-corrected chi connectivity index (χ4v) is 4.86. The number of Topliss-reactive ketones (excluding diaryl/α,β-unsaturated/α-hetero) is 1. The van der Waals surface area contributed by atoms with Crippen molar-refractivity contribution in [2.75, 3.05) is 0 Å². The van der Waals surface area contributed by atoms with Crippen molar-refractivity contribution in [1.29, 1.82) is 0 Å². The third kappa shape index (κ3) is 2.27. The minimum absolute atomic E-state index is 0.0313. The lowest BCUT2D eigenvalue weighted by Crippen LogP contribution is -2.50. The predicted octanol–water partition coefficient (Wildman–Crippen LogP) is 4.94. The zero-order chi connectivity index (χ0) is 19.8. The molecule has 0 amide bonds. The first-order valence-corrected chi connectivity index (χ1v) is 8.68. The highest BCUT2D eigenvalue weighted by atomic mass is 16.1. The minimum atomic E-state index is -0.543. The van der Waals surface area contributed by atoms with Crippen LogP contribution in [-0.4, -0.2) is 16.0 Å². The summed E-state index contributed by atoms with van der Waals surface area (Å²) in [5, 5.41) is 7.86. The van der Waals surface area contributed by atoms with Gasteiger partial charge >= 0.3 is 0 Å². The maximum Gasteiger partial charge on any atom is 0.226 e. The van der Waals surface area contributed by atoms with E-state index in [1.807, 2.05) is 38.1 Å². The lowest BCUT2D eigenvalue weighted by molar-refractivity contribution is -0.128.